The molecule has 1 aliphatic heterocycles. The van der Waals surface area contributed by atoms with E-state index in [4.69, 9.17) is 25.8 Å². The van der Waals surface area contributed by atoms with Gasteiger partial charge in [0.25, 0.3) is 11.7 Å². The number of hydrogen-bond acceptors (Lipinski definition) is 6. The molecule has 0 aliphatic carbocycles. The molecule has 3 aromatic rings. The minimum atomic E-state index is -0.841. The van der Waals surface area contributed by atoms with Crippen molar-refractivity contribution in [3.8, 4) is 17.2 Å². The molecule has 1 N–H and O–H groups in total. The third-order valence-electron chi connectivity index (χ3n) is 6.01. The van der Waals surface area contributed by atoms with E-state index in [1.54, 1.807) is 49.6 Å². The highest BCUT2D eigenvalue weighted by atomic mass is 35.5. The predicted octanol–water partition coefficient (Wildman–Crippen LogP) is 5.38. The van der Waals surface area contributed by atoms with Crippen LogP contribution in [0.5, 0.6) is 17.2 Å². The first-order valence-corrected chi connectivity index (χ1v) is 11.7. The molecule has 1 fully saturated rings. The van der Waals surface area contributed by atoms with Crippen LogP contribution >= 0.6 is 11.6 Å². The molecule has 4 rings (SSSR count). The predicted molar refractivity (Wildman–Crippen MR) is 136 cm³/mol. The number of hydrogen-bond donors (Lipinski definition) is 1. The van der Waals surface area contributed by atoms with Crippen molar-refractivity contribution in [2.75, 3.05) is 20.8 Å². The molecule has 3 aromatic carbocycles. The molecule has 0 bridgehead atoms. The molecular formula is C28H26ClNO6. The summed E-state index contributed by atoms with van der Waals surface area (Å²) >= 11 is 6.27. The lowest BCUT2D eigenvalue weighted by Crippen LogP contribution is -2.29. The van der Waals surface area contributed by atoms with E-state index < -0.39 is 17.7 Å². The van der Waals surface area contributed by atoms with Crippen molar-refractivity contribution in [3.63, 3.8) is 0 Å². The topological polar surface area (TPSA) is 85.3 Å². The Hall–Kier alpha value is -3.97. The summed E-state index contributed by atoms with van der Waals surface area (Å²) in [4.78, 5) is 28.0. The summed E-state index contributed by atoms with van der Waals surface area (Å²) in [7, 11) is 3.03. The SMILES string of the molecule is CCOc1ccc(C2/C(=C(/O)c3ccc(OC)c(Cl)c3)C(=O)C(=O)N2Cc2ccccc2OC)cc1. The van der Waals surface area contributed by atoms with Crippen molar-refractivity contribution in [3.05, 3.63) is 94.0 Å². The van der Waals surface area contributed by atoms with E-state index in [0.717, 1.165) is 5.56 Å². The Bertz CT molecular complexity index is 1320. The van der Waals surface area contributed by atoms with Crippen molar-refractivity contribution in [2.45, 2.75) is 19.5 Å². The molecule has 1 saturated heterocycles. The van der Waals surface area contributed by atoms with Gasteiger partial charge in [0.05, 0.1) is 44.0 Å². The number of benzene rings is 3. The average molecular weight is 508 g/mol. The zero-order valence-electron chi connectivity index (χ0n) is 20.2. The lowest BCUT2D eigenvalue weighted by Gasteiger charge is -2.26. The Balaban J connectivity index is 1.85. The number of nitrogens with zero attached hydrogens (tertiary/aromatic N) is 1. The number of methoxy groups -OCH3 is 2. The van der Waals surface area contributed by atoms with Crippen LogP contribution in [0.15, 0.2) is 72.3 Å². The van der Waals surface area contributed by atoms with Crippen LogP contribution in [-0.4, -0.2) is 42.5 Å². The largest absolute Gasteiger partial charge is 0.507 e. The first-order valence-electron chi connectivity index (χ1n) is 11.4. The number of ketones is 1. The third kappa shape index (κ3) is 4.75. The quantitative estimate of drug-likeness (QED) is 0.250. The second-order valence-corrected chi connectivity index (χ2v) is 8.50. The van der Waals surface area contributed by atoms with Crippen molar-refractivity contribution < 1.29 is 28.9 Å². The number of ether oxygens (including phenoxy) is 3. The van der Waals surface area contributed by atoms with Crippen LogP contribution in [0.1, 0.15) is 29.7 Å². The highest BCUT2D eigenvalue weighted by Crippen LogP contribution is 2.42. The summed E-state index contributed by atoms with van der Waals surface area (Å²) in [6.07, 6.45) is 0. The van der Waals surface area contributed by atoms with E-state index in [0.29, 0.717) is 35.0 Å². The fourth-order valence-corrected chi connectivity index (χ4v) is 4.55. The molecule has 0 radical (unpaired) electrons. The minimum absolute atomic E-state index is 0.0275. The molecule has 0 aromatic heterocycles. The number of aliphatic hydroxyl groups excluding tert-OH is 1. The minimum Gasteiger partial charge on any atom is -0.507 e. The molecule has 186 valence electrons. The molecule has 1 heterocycles. The average Bonchev–Trinajstić information content (AvgIpc) is 3.14. The lowest BCUT2D eigenvalue weighted by molar-refractivity contribution is -0.140. The van der Waals surface area contributed by atoms with Gasteiger partial charge in [-0.1, -0.05) is 41.9 Å². The second-order valence-electron chi connectivity index (χ2n) is 8.09. The zero-order valence-corrected chi connectivity index (χ0v) is 20.9. The lowest BCUT2D eigenvalue weighted by atomic mass is 9.95. The number of aliphatic hydroxyl groups is 1. The molecule has 36 heavy (non-hydrogen) atoms. The number of halogens is 1. The molecule has 1 aliphatic rings. The number of carbonyl (C=O) groups is 2. The van der Waals surface area contributed by atoms with E-state index in [2.05, 4.69) is 0 Å². The molecule has 0 spiro atoms. The molecule has 0 saturated carbocycles. The van der Waals surface area contributed by atoms with E-state index >= 15 is 0 Å². The summed E-state index contributed by atoms with van der Waals surface area (Å²) in [5.74, 6) is -0.155. The number of carbonyl (C=O) groups excluding carboxylic acids is 2. The standard InChI is InChI=1S/C28H26ClNO6/c1-4-36-20-12-9-17(10-13-20)25-24(26(31)18-11-14-23(35-3)21(29)15-18)27(32)28(33)30(25)16-19-7-5-6-8-22(19)34-2/h5-15,25,31H,4,16H2,1-3H3/b26-24-. The summed E-state index contributed by atoms with van der Waals surface area (Å²) in [6, 6.07) is 18.2. The first-order chi connectivity index (χ1) is 17.4. The van der Waals surface area contributed by atoms with E-state index in [9.17, 15) is 14.7 Å². The van der Waals surface area contributed by atoms with E-state index in [-0.39, 0.29) is 22.9 Å². The maximum absolute atomic E-state index is 13.3. The highest BCUT2D eigenvalue weighted by molar-refractivity contribution is 6.46. The summed E-state index contributed by atoms with van der Waals surface area (Å²) in [5, 5.41) is 11.5. The number of para-hydroxylation sites is 1. The maximum Gasteiger partial charge on any atom is 0.295 e. The summed E-state index contributed by atoms with van der Waals surface area (Å²) in [5.41, 5.74) is 1.64. The van der Waals surface area contributed by atoms with Gasteiger partial charge in [-0.15, -0.1) is 0 Å². The molecular weight excluding hydrogens is 482 g/mol. The zero-order chi connectivity index (χ0) is 25.8. The van der Waals surface area contributed by atoms with Gasteiger partial charge in [-0.2, -0.15) is 0 Å². The second kappa shape index (κ2) is 10.7. The van der Waals surface area contributed by atoms with E-state index in [1.807, 2.05) is 25.1 Å². The van der Waals surface area contributed by atoms with Crippen LogP contribution in [0.3, 0.4) is 0 Å². The van der Waals surface area contributed by atoms with Crippen LogP contribution in [-0.2, 0) is 16.1 Å². The van der Waals surface area contributed by atoms with Crippen LogP contribution in [0.25, 0.3) is 5.76 Å². The van der Waals surface area contributed by atoms with Crippen LogP contribution in [0.2, 0.25) is 5.02 Å². The Morgan fingerprint density at radius 1 is 0.972 bits per heavy atom. The van der Waals surface area contributed by atoms with Gasteiger partial charge in [0.2, 0.25) is 0 Å². The van der Waals surface area contributed by atoms with Crippen molar-refractivity contribution in [1.82, 2.24) is 4.90 Å². The summed E-state index contributed by atoms with van der Waals surface area (Å²) < 4.78 is 16.2. The maximum atomic E-state index is 13.3. The Kier molecular flexibility index (Phi) is 7.50. The smallest absolute Gasteiger partial charge is 0.295 e. The van der Waals surface area contributed by atoms with Gasteiger partial charge in [-0.3, -0.25) is 9.59 Å². The molecule has 1 atom stereocenters. The monoisotopic (exact) mass is 507 g/mol. The highest BCUT2D eigenvalue weighted by Gasteiger charge is 2.46. The van der Waals surface area contributed by atoms with Crippen molar-refractivity contribution in [1.29, 1.82) is 0 Å². The van der Waals surface area contributed by atoms with Gasteiger partial charge in [0, 0.05) is 11.1 Å². The first kappa shape index (κ1) is 25.1. The van der Waals surface area contributed by atoms with Gasteiger partial charge in [-0.25, -0.2) is 0 Å². The normalized spacial score (nSPS) is 16.8. The Morgan fingerprint density at radius 2 is 1.67 bits per heavy atom. The van der Waals surface area contributed by atoms with Crippen LogP contribution in [0.4, 0.5) is 0 Å². The van der Waals surface area contributed by atoms with Gasteiger partial charge in [0.15, 0.2) is 0 Å². The molecule has 1 unspecified atom stereocenters. The van der Waals surface area contributed by atoms with E-state index in [1.165, 1.54) is 18.1 Å². The van der Waals surface area contributed by atoms with Crippen LogP contribution in [0, 0.1) is 0 Å². The van der Waals surface area contributed by atoms with Gasteiger partial charge >= 0.3 is 0 Å². The fourth-order valence-electron chi connectivity index (χ4n) is 4.29. The molecule has 7 nitrogen and oxygen atoms in total. The molecule has 1 amide bonds. The third-order valence-corrected chi connectivity index (χ3v) is 6.30. The van der Waals surface area contributed by atoms with Crippen molar-refractivity contribution in [2.24, 2.45) is 0 Å². The Labute approximate surface area is 214 Å². The van der Waals surface area contributed by atoms with Gasteiger partial charge in [0.1, 0.15) is 23.0 Å². The summed E-state index contributed by atoms with van der Waals surface area (Å²) in [6.45, 7) is 2.49. The van der Waals surface area contributed by atoms with Gasteiger partial charge in [-0.05, 0) is 48.9 Å². The van der Waals surface area contributed by atoms with Gasteiger partial charge < -0.3 is 24.2 Å². The fraction of sp³-hybridized carbons (Fsp3) is 0.214. The van der Waals surface area contributed by atoms with Crippen LogP contribution < -0.4 is 14.2 Å². The molecule has 8 heteroatoms. The van der Waals surface area contributed by atoms with Crippen molar-refractivity contribution >= 4 is 29.1 Å². The Morgan fingerprint density at radius 3 is 2.31 bits per heavy atom. The number of amides is 1. The number of rotatable bonds is 8. The number of Topliss-reactive ketones (excluding diaryl/α,β-unsaturated/α-hetero) is 1. The number of likely N-dealkylation sites (tertiary alicyclic amines) is 1.